The van der Waals surface area contributed by atoms with Crippen LogP contribution in [0.25, 0.3) is 0 Å². The fourth-order valence-electron chi connectivity index (χ4n) is 3.62. The largest absolute Gasteiger partial charge is 0.481 e. The molecule has 1 aromatic heterocycles. The van der Waals surface area contributed by atoms with E-state index in [0.717, 1.165) is 25.1 Å². The summed E-state index contributed by atoms with van der Waals surface area (Å²) in [5.41, 5.74) is -1.73. The van der Waals surface area contributed by atoms with Crippen molar-refractivity contribution >= 4 is 23.4 Å². The lowest BCUT2D eigenvalue weighted by Crippen LogP contribution is -2.35. The molecule has 1 aromatic rings. The van der Waals surface area contributed by atoms with Crippen LogP contribution in [0.3, 0.4) is 0 Å². The molecule has 8 heteroatoms. The molecular weight excluding hydrogens is 321 g/mol. The van der Waals surface area contributed by atoms with Crippen molar-refractivity contribution in [2.24, 2.45) is 11.3 Å². The Morgan fingerprint density at radius 3 is 2.77 bits per heavy atom. The summed E-state index contributed by atoms with van der Waals surface area (Å²) in [6.07, 6.45) is -1.51. The Labute approximate surface area is 129 Å². The molecule has 1 aliphatic heterocycles. The smallest absolute Gasteiger partial charge is 0.417 e. The van der Waals surface area contributed by atoms with Crippen LogP contribution in [0.1, 0.15) is 24.8 Å². The number of halogens is 4. The van der Waals surface area contributed by atoms with Gasteiger partial charge in [-0.3, -0.25) is 4.79 Å². The van der Waals surface area contributed by atoms with Crippen LogP contribution in [0, 0.1) is 11.3 Å². The average Bonchev–Trinajstić information content (AvgIpc) is 2.94. The van der Waals surface area contributed by atoms with E-state index in [0.29, 0.717) is 13.0 Å². The molecule has 1 saturated heterocycles. The molecule has 120 valence electrons. The van der Waals surface area contributed by atoms with E-state index in [1.807, 2.05) is 0 Å². The number of carboxylic acid groups (broad SMARTS) is 1. The van der Waals surface area contributed by atoms with Gasteiger partial charge in [0.1, 0.15) is 5.82 Å². The number of carboxylic acids is 1. The molecule has 0 radical (unpaired) electrons. The summed E-state index contributed by atoms with van der Waals surface area (Å²) in [5.74, 6) is -0.629. The number of nitrogens with zero attached hydrogens (tertiary/aromatic N) is 2. The maximum Gasteiger partial charge on any atom is 0.417 e. The van der Waals surface area contributed by atoms with Gasteiger partial charge < -0.3 is 10.0 Å². The zero-order valence-electron chi connectivity index (χ0n) is 11.5. The molecule has 3 rings (SSSR count). The summed E-state index contributed by atoms with van der Waals surface area (Å²) in [5, 5.41) is 9.43. The lowest BCUT2D eigenvalue weighted by atomic mass is 9.81. The highest BCUT2D eigenvalue weighted by Gasteiger charge is 2.55. The highest BCUT2D eigenvalue weighted by molar-refractivity contribution is 6.33. The minimum Gasteiger partial charge on any atom is -0.481 e. The van der Waals surface area contributed by atoms with Gasteiger partial charge in [0, 0.05) is 19.3 Å². The standard InChI is InChI=1S/C14H14ClF3N2O2/c15-10-4-9(14(16,17)18)5-19-11(10)20-6-8-2-1-3-13(8,7-20)12(21)22/h4-5,8H,1-3,6-7H2,(H,21,22)/t8-,13+/m0/s1. The molecule has 2 fully saturated rings. The average molecular weight is 335 g/mol. The zero-order chi connectivity index (χ0) is 16.1. The molecule has 2 aliphatic rings. The number of anilines is 1. The minimum atomic E-state index is -4.50. The van der Waals surface area contributed by atoms with Gasteiger partial charge in [0.2, 0.25) is 0 Å². The normalized spacial score (nSPS) is 28.0. The summed E-state index contributed by atoms with van der Waals surface area (Å²) >= 11 is 5.95. The van der Waals surface area contributed by atoms with Crippen LogP contribution < -0.4 is 4.90 Å². The van der Waals surface area contributed by atoms with Crippen molar-refractivity contribution in [3.05, 3.63) is 22.8 Å². The van der Waals surface area contributed by atoms with Crippen molar-refractivity contribution < 1.29 is 23.1 Å². The van der Waals surface area contributed by atoms with Crippen LogP contribution >= 0.6 is 11.6 Å². The predicted octanol–water partition coefficient (Wildman–Crippen LogP) is 3.44. The fraction of sp³-hybridized carbons (Fsp3) is 0.571. The third-order valence-electron chi connectivity index (χ3n) is 4.75. The summed E-state index contributed by atoms with van der Waals surface area (Å²) in [6.45, 7) is 0.704. The monoisotopic (exact) mass is 334 g/mol. The van der Waals surface area contributed by atoms with Crippen LogP contribution in [0.15, 0.2) is 12.3 Å². The summed E-state index contributed by atoms with van der Waals surface area (Å²) in [7, 11) is 0. The first-order chi connectivity index (χ1) is 10.2. The van der Waals surface area contributed by atoms with Crippen molar-refractivity contribution in [1.82, 2.24) is 4.98 Å². The van der Waals surface area contributed by atoms with E-state index >= 15 is 0 Å². The predicted molar refractivity (Wildman–Crippen MR) is 73.9 cm³/mol. The molecule has 0 unspecified atom stereocenters. The molecule has 22 heavy (non-hydrogen) atoms. The highest BCUT2D eigenvalue weighted by atomic mass is 35.5. The Bertz CT molecular complexity index is 623. The molecule has 2 atom stereocenters. The van der Waals surface area contributed by atoms with E-state index in [2.05, 4.69) is 4.98 Å². The summed E-state index contributed by atoms with van der Waals surface area (Å²) in [4.78, 5) is 17.1. The summed E-state index contributed by atoms with van der Waals surface area (Å²) < 4.78 is 37.9. The second-order valence-corrected chi connectivity index (χ2v) is 6.37. The quantitative estimate of drug-likeness (QED) is 0.900. The number of pyridine rings is 1. The lowest BCUT2D eigenvalue weighted by molar-refractivity contribution is -0.149. The number of carbonyl (C=O) groups is 1. The maximum atomic E-state index is 12.6. The number of aliphatic carboxylic acids is 1. The third kappa shape index (κ3) is 2.31. The zero-order valence-corrected chi connectivity index (χ0v) is 12.3. The Kier molecular flexibility index (Phi) is 3.51. The topological polar surface area (TPSA) is 53.4 Å². The number of alkyl halides is 3. The van der Waals surface area contributed by atoms with Gasteiger partial charge in [-0.05, 0) is 24.8 Å². The third-order valence-corrected chi connectivity index (χ3v) is 5.02. The van der Waals surface area contributed by atoms with E-state index in [1.54, 1.807) is 4.90 Å². The Balaban J connectivity index is 1.89. The van der Waals surface area contributed by atoms with E-state index in [-0.39, 0.29) is 23.3 Å². The van der Waals surface area contributed by atoms with Gasteiger partial charge in [0.15, 0.2) is 0 Å². The second kappa shape index (κ2) is 5.01. The molecule has 1 aliphatic carbocycles. The number of aromatic nitrogens is 1. The first kappa shape index (κ1) is 15.4. The van der Waals surface area contributed by atoms with Gasteiger partial charge in [-0.25, -0.2) is 4.98 Å². The Morgan fingerprint density at radius 2 is 2.23 bits per heavy atom. The highest BCUT2D eigenvalue weighted by Crippen LogP contribution is 2.50. The minimum absolute atomic E-state index is 0.00911. The molecule has 0 spiro atoms. The fourth-order valence-corrected chi connectivity index (χ4v) is 3.90. The second-order valence-electron chi connectivity index (χ2n) is 5.96. The molecule has 2 heterocycles. The lowest BCUT2D eigenvalue weighted by Gasteiger charge is -2.24. The first-order valence-corrected chi connectivity index (χ1v) is 7.33. The summed E-state index contributed by atoms with van der Waals surface area (Å²) in [6, 6.07) is 0.839. The molecule has 0 amide bonds. The van der Waals surface area contributed by atoms with Gasteiger partial charge in [-0.1, -0.05) is 18.0 Å². The molecule has 4 nitrogen and oxygen atoms in total. The Morgan fingerprint density at radius 1 is 1.50 bits per heavy atom. The van der Waals surface area contributed by atoms with Gasteiger partial charge in [-0.2, -0.15) is 13.2 Å². The molecule has 1 N–H and O–H groups in total. The number of fused-ring (bicyclic) bond motifs is 1. The number of rotatable bonds is 2. The van der Waals surface area contributed by atoms with Crippen molar-refractivity contribution in [3.8, 4) is 0 Å². The molecular formula is C14H14ClF3N2O2. The van der Waals surface area contributed by atoms with Crippen molar-refractivity contribution in [2.75, 3.05) is 18.0 Å². The number of hydrogen-bond donors (Lipinski definition) is 1. The maximum absolute atomic E-state index is 12.6. The van der Waals surface area contributed by atoms with E-state index in [9.17, 15) is 23.1 Å². The van der Waals surface area contributed by atoms with Crippen molar-refractivity contribution in [1.29, 1.82) is 0 Å². The van der Waals surface area contributed by atoms with Gasteiger partial charge >= 0.3 is 12.1 Å². The van der Waals surface area contributed by atoms with E-state index in [4.69, 9.17) is 11.6 Å². The van der Waals surface area contributed by atoms with Crippen molar-refractivity contribution in [2.45, 2.75) is 25.4 Å². The van der Waals surface area contributed by atoms with Crippen LogP contribution in [0.5, 0.6) is 0 Å². The van der Waals surface area contributed by atoms with Crippen LogP contribution in [0.4, 0.5) is 19.0 Å². The van der Waals surface area contributed by atoms with Crippen LogP contribution in [-0.4, -0.2) is 29.1 Å². The van der Waals surface area contributed by atoms with Crippen LogP contribution in [0.2, 0.25) is 5.02 Å². The SMILES string of the molecule is O=C(O)[C@@]12CCC[C@H]1CN(c1ncc(C(F)(F)F)cc1Cl)C2. The molecule has 0 aromatic carbocycles. The van der Waals surface area contributed by atoms with E-state index < -0.39 is 23.1 Å². The van der Waals surface area contributed by atoms with Crippen molar-refractivity contribution in [3.63, 3.8) is 0 Å². The Hall–Kier alpha value is -1.50. The van der Waals surface area contributed by atoms with Gasteiger partial charge in [-0.15, -0.1) is 0 Å². The first-order valence-electron chi connectivity index (χ1n) is 6.95. The van der Waals surface area contributed by atoms with Gasteiger partial charge in [0.25, 0.3) is 0 Å². The number of hydrogen-bond acceptors (Lipinski definition) is 3. The van der Waals surface area contributed by atoms with Crippen LogP contribution in [-0.2, 0) is 11.0 Å². The van der Waals surface area contributed by atoms with Gasteiger partial charge in [0.05, 0.1) is 16.0 Å². The molecule has 1 saturated carbocycles. The molecule has 0 bridgehead atoms. The van der Waals surface area contributed by atoms with E-state index in [1.165, 1.54) is 0 Å².